The average molecular weight is 366 g/mol. The van der Waals surface area contributed by atoms with Gasteiger partial charge in [0.2, 0.25) is 5.91 Å². The Kier molecular flexibility index (Phi) is 3.66. The number of hydrogen-bond donors (Lipinski definition) is 0. The lowest BCUT2D eigenvalue weighted by Crippen LogP contribution is -2.72. The molecule has 0 bridgehead atoms. The van der Waals surface area contributed by atoms with E-state index in [0.717, 1.165) is 38.0 Å². The molecule has 4 aliphatic rings. The van der Waals surface area contributed by atoms with Crippen LogP contribution in [-0.4, -0.2) is 71.1 Å². The van der Waals surface area contributed by atoms with E-state index in [-0.39, 0.29) is 24.0 Å². The zero-order valence-electron chi connectivity index (χ0n) is 15.1. The third kappa shape index (κ3) is 2.76. The lowest BCUT2D eigenvalue weighted by molar-refractivity contribution is -0.157. The van der Waals surface area contributed by atoms with Crippen molar-refractivity contribution in [2.75, 3.05) is 32.7 Å². The summed E-state index contributed by atoms with van der Waals surface area (Å²) < 4.78 is 5.77. The van der Waals surface area contributed by atoms with E-state index in [1.807, 2.05) is 34.1 Å². The van der Waals surface area contributed by atoms with E-state index < -0.39 is 5.60 Å². The highest BCUT2D eigenvalue weighted by atomic mass is 16.6. The summed E-state index contributed by atoms with van der Waals surface area (Å²) in [6.07, 6.45) is 1.75. The van der Waals surface area contributed by atoms with Crippen LogP contribution in [0.15, 0.2) is 24.3 Å². The highest BCUT2D eigenvalue weighted by Gasteiger charge is 2.63. The van der Waals surface area contributed by atoms with Crippen LogP contribution in [0, 0.1) is 17.2 Å². The maximum atomic E-state index is 12.3. The minimum Gasteiger partial charge on any atom is -0.437 e. The monoisotopic (exact) mass is 366 g/mol. The van der Waals surface area contributed by atoms with Gasteiger partial charge in [0, 0.05) is 32.1 Å². The molecule has 3 aliphatic heterocycles. The highest BCUT2D eigenvalue weighted by molar-refractivity contribution is 5.83. The number of amides is 2. The van der Waals surface area contributed by atoms with Crippen LogP contribution in [0.25, 0.3) is 0 Å². The number of ether oxygens (including phenoxy) is 1. The van der Waals surface area contributed by atoms with Gasteiger partial charge in [-0.05, 0) is 30.5 Å². The third-order valence-corrected chi connectivity index (χ3v) is 6.24. The molecular formula is C20H22N4O3. The van der Waals surface area contributed by atoms with Gasteiger partial charge in [-0.1, -0.05) is 12.1 Å². The Bertz CT molecular complexity index is 821. The SMILES string of the molecule is N#Cc1ccc(CN2CCN3C(=O)OC4(CN(C(=O)C5CC5)C4)C3C2)cc1. The second-order valence-electron chi connectivity index (χ2n) is 8.15. The summed E-state index contributed by atoms with van der Waals surface area (Å²) in [4.78, 5) is 30.6. The van der Waals surface area contributed by atoms with Crippen LogP contribution in [0.3, 0.4) is 0 Å². The summed E-state index contributed by atoms with van der Waals surface area (Å²) in [5.74, 6) is 0.426. The summed E-state index contributed by atoms with van der Waals surface area (Å²) in [6, 6.07) is 9.78. The topological polar surface area (TPSA) is 76.9 Å². The van der Waals surface area contributed by atoms with Gasteiger partial charge >= 0.3 is 6.09 Å². The molecule has 0 N–H and O–H groups in total. The molecule has 5 rings (SSSR count). The summed E-state index contributed by atoms with van der Waals surface area (Å²) in [5, 5.41) is 8.93. The first kappa shape index (κ1) is 16.6. The van der Waals surface area contributed by atoms with Crippen LogP contribution in [0.5, 0.6) is 0 Å². The molecule has 1 spiro atoms. The quantitative estimate of drug-likeness (QED) is 0.803. The van der Waals surface area contributed by atoms with Gasteiger partial charge in [0.25, 0.3) is 0 Å². The fourth-order valence-electron chi connectivity index (χ4n) is 4.51. The Labute approximate surface area is 158 Å². The van der Waals surface area contributed by atoms with Crippen molar-refractivity contribution in [1.82, 2.24) is 14.7 Å². The molecule has 1 aromatic rings. The Hall–Kier alpha value is -2.59. The normalized spacial score (nSPS) is 26.3. The molecule has 4 fully saturated rings. The second kappa shape index (κ2) is 5.96. The number of fused-ring (bicyclic) bond motifs is 2. The molecule has 3 heterocycles. The number of benzene rings is 1. The van der Waals surface area contributed by atoms with Crippen LogP contribution >= 0.6 is 0 Å². The minimum atomic E-state index is -0.537. The Morgan fingerprint density at radius 3 is 2.63 bits per heavy atom. The maximum absolute atomic E-state index is 12.3. The van der Waals surface area contributed by atoms with Crippen molar-refractivity contribution in [2.24, 2.45) is 5.92 Å². The lowest BCUT2D eigenvalue weighted by atomic mass is 9.84. The Balaban J connectivity index is 1.26. The number of likely N-dealkylation sites (tertiary alicyclic amines) is 1. The van der Waals surface area contributed by atoms with Crippen molar-refractivity contribution in [3.8, 4) is 6.07 Å². The molecule has 140 valence electrons. The van der Waals surface area contributed by atoms with Crippen molar-refractivity contribution in [3.63, 3.8) is 0 Å². The predicted octanol–water partition coefficient (Wildman–Crippen LogP) is 1.19. The van der Waals surface area contributed by atoms with Crippen molar-refractivity contribution >= 4 is 12.0 Å². The van der Waals surface area contributed by atoms with E-state index in [4.69, 9.17) is 10.00 Å². The van der Waals surface area contributed by atoms with E-state index in [1.54, 1.807) is 0 Å². The van der Waals surface area contributed by atoms with Gasteiger partial charge in [-0.25, -0.2) is 4.79 Å². The predicted molar refractivity (Wildman–Crippen MR) is 95.4 cm³/mol. The van der Waals surface area contributed by atoms with Crippen molar-refractivity contribution in [2.45, 2.75) is 31.0 Å². The Morgan fingerprint density at radius 2 is 1.96 bits per heavy atom. The fraction of sp³-hybridized carbons (Fsp3) is 0.550. The van der Waals surface area contributed by atoms with E-state index in [0.29, 0.717) is 25.2 Å². The van der Waals surface area contributed by atoms with Gasteiger partial charge in [-0.15, -0.1) is 0 Å². The first-order valence-electron chi connectivity index (χ1n) is 9.58. The number of carbonyl (C=O) groups is 2. The van der Waals surface area contributed by atoms with Crippen LogP contribution in [0.1, 0.15) is 24.0 Å². The molecule has 7 heteroatoms. The summed E-state index contributed by atoms with van der Waals surface area (Å²) >= 11 is 0. The molecule has 0 aromatic heterocycles. The molecule has 3 saturated heterocycles. The van der Waals surface area contributed by atoms with Crippen molar-refractivity contribution in [3.05, 3.63) is 35.4 Å². The van der Waals surface area contributed by atoms with E-state index in [2.05, 4.69) is 11.0 Å². The maximum Gasteiger partial charge on any atom is 0.411 e. The summed E-state index contributed by atoms with van der Waals surface area (Å²) in [7, 11) is 0. The molecule has 1 aliphatic carbocycles. The smallest absolute Gasteiger partial charge is 0.411 e. The van der Waals surface area contributed by atoms with E-state index >= 15 is 0 Å². The molecule has 2 amide bonds. The zero-order valence-corrected chi connectivity index (χ0v) is 15.1. The molecule has 1 unspecified atom stereocenters. The average Bonchev–Trinajstić information content (AvgIpc) is 3.45. The number of hydrogen-bond acceptors (Lipinski definition) is 5. The molecule has 1 aromatic carbocycles. The minimum absolute atomic E-state index is 0.000356. The van der Waals surface area contributed by atoms with Gasteiger partial charge in [0.15, 0.2) is 5.60 Å². The molecule has 1 saturated carbocycles. The standard InChI is InChI=1S/C20H22N4O3/c21-9-14-1-3-15(4-2-14)10-22-7-8-24-17(11-22)20(27-19(24)26)12-23(13-20)18(25)16-5-6-16/h1-4,16-17H,5-8,10-13H2. The molecular weight excluding hydrogens is 344 g/mol. The van der Waals surface area contributed by atoms with Crippen molar-refractivity contribution < 1.29 is 14.3 Å². The van der Waals surface area contributed by atoms with Gasteiger partial charge in [-0.2, -0.15) is 5.26 Å². The number of piperazine rings is 1. The molecule has 27 heavy (non-hydrogen) atoms. The Morgan fingerprint density at radius 1 is 1.22 bits per heavy atom. The van der Waals surface area contributed by atoms with Gasteiger partial charge in [-0.3, -0.25) is 14.6 Å². The van der Waals surface area contributed by atoms with Crippen LogP contribution in [0.4, 0.5) is 4.79 Å². The number of nitrogens with zero attached hydrogens (tertiary/aromatic N) is 4. The zero-order chi connectivity index (χ0) is 18.6. The summed E-state index contributed by atoms with van der Waals surface area (Å²) in [5.41, 5.74) is 1.28. The molecule has 1 atom stereocenters. The number of rotatable bonds is 3. The summed E-state index contributed by atoms with van der Waals surface area (Å²) in [6.45, 7) is 4.03. The van der Waals surface area contributed by atoms with Crippen LogP contribution in [0.2, 0.25) is 0 Å². The lowest BCUT2D eigenvalue weighted by Gasteiger charge is -2.51. The number of carbonyl (C=O) groups excluding carboxylic acids is 2. The largest absolute Gasteiger partial charge is 0.437 e. The third-order valence-electron chi connectivity index (χ3n) is 6.24. The van der Waals surface area contributed by atoms with Crippen LogP contribution < -0.4 is 0 Å². The first-order valence-corrected chi connectivity index (χ1v) is 9.58. The van der Waals surface area contributed by atoms with Gasteiger partial charge in [0.05, 0.1) is 30.8 Å². The van der Waals surface area contributed by atoms with Gasteiger partial charge in [0.1, 0.15) is 0 Å². The fourth-order valence-corrected chi connectivity index (χ4v) is 4.51. The number of nitriles is 1. The molecule has 0 radical (unpaired) electrons. The van der Waals surface area contributed by atoms with Gasteiger partial charge < -0.3 is 9.64 Å². The highest BCUT2D eigenvalue weighted by Crippen LogP contribution is 2.42. The first-order chi connectivity index (χ1) is 13.1. The van der Waals surface area contributed by atoms with E-state index in [9.17, 15) is 9.59 Å². The van der Waals surface area contributed by atoms with Crippen LogP contribution in [-0.2, 0) is 16.1 Å². The molecule has 7 nitrogen and oxygen atoms in total. The second-order valence-corrected chi connectivity index (χ2v) is 8.15. The van der Waals surface area contributed by atoms with E-state index in [1.165, 1.54) is 0 Å². The van der Waals surface area contributed by atoms with Crippen molar-refractivity contribution in [1.29, 1.82) is 5.26 Å².